The molecule has 0 atom stereocenters. The van der Waals surface area contributed by atoms with Gasteiger partial charge in [-0.15, -0.1) is 0 Å². The van der Waals surface area contributed by atoms with Crippen LogP contribution in [0.4, 0.5) is 0 Å². The molecular formula is C7H7I3. The summed E-state index contributed by atoms with van der Waals surface area (Å²) in [5.74, 6) is 0. The van der Waals surface area contributed by atoms with Gasteiger partial charge in [0.1, 0.15) is 0 Å². The molecule has 0 aliphatic heterocycles. The van der Waals surface area contributed by atoms with Crippen molar-refractivity contribution in [1.82, 2.24) is 0 Å². The molecule has 0 spiro atoms. The maximum absolute atomic E-state index is 2.45. The van der Waals surface area contributed by atoms with Gasteiger partial charge in [0.25, 0.3) is 0 Å². The van der Waals surface area contributed by atoms with Crippen LogP contribution in [-0.2, 0) is 0 Å². The third-order valence-corrected chi connectivity index (χ3v) is 6.46. The van der Waals surface area contributed by atoms with Gasteiger partial charge in [0.2, 0.25) is 0 Å². The predicted octanol–water partition coefficient (Wildman–Crippen LogP) is 4.57. The summed E-state index contributed by atoms with van der Waals surface area (Å²) in [7, 11) is 0. The molecular weight excluding hydrogens is 465 g/mol. The van der Waals surface area contributed by atoms with E-state index in [0.29, 0.717) is 0 Å². The maximum atomic E-state index is 2.45. The number of hydrogen-bond donors (Lipinski definition) is 0. The third kappa shape index (κ3) is 2.09. The van der Waals surface area contributed by atoms with Crippen LogP contribution in [0.2, 0.25) is 0 Å². The lowest BCUT2D eigenvalue weighted by atomic mass is 10.1. The first kappa shape index (κ1) is 9.76. The van der Waals surface area contributed by atoms with Crippen molar-refractivity contribution in [2.24, 2.45) is 0 Å². The zero-order valence-corrected chi connectivity index (χ0v) is 12.0. The van der Waals surface area contributed by atoms with Crippen molar-refractivity contribution in [3.8, 4) is 0 Å². The number of halogens is 3. The zero-order chi connectivity index (χ0) is 7.72. The summed E-state index contributed by atoms with van der Waals surface area (Å²) in [5, 5.41) is 0. The van der Waals surface area contributed by atoms with E-state index in [1.807, 2.05) is 0 Å². The second-order valence-corrected chi connectivity index (χ2v) is 5.93. The fourth-order valence-corrected chi connectivity index (χ4v) is 3.16. The molecule has 0 heterocycles. The Bertz CT molecular complexity index is 189. The minimum absolute atomic E-state index is 1.24. The van der Waals surface area contributed by atoms with Crippen molar-refractivity contribution in [2.75, 3.05) is 0 Å². The molecule has 1 rings (SSSR count). The van der Waals surface area contributed by atoms with Crippen LogP contribution in [0.25, 0.3) is 0 Å². The summed E-state index contributed by atoms with van der Waals surface area (Å²) >= 11 is 7.32. The molecule has 0 aromatic heterocycles. The van der Waals surface area contributed by atoms with Gasteiger partial charge in [-0.05, 0) is 96.7 Å². The second-order valence-electron chi connectivity index (χ2n) is 2.25. The SMILES string of the molecule is CC1=C(I)CCC(I)=C1I. The van der Waals surface area contributed by atoms with E-state index >= 15 is 0 Å². The van der Waals surface area contributed by atoms with Crippen molar-refractivity contribution in [3.05, 3.63) is 16.3 Å². The summed E-state index contributed by atoms with van der Waals surface area (Å²) in [5.41, 5.74) is 1.48. The fraction of sp³-hybridized carbons (Fsp3) is 0.429. The molecule has 0 bridgehead atoms. The summed E-state index contributed by atoms with van der Waals surface area (Å²) in [6, 6.07) is 0. The first-order valence-corrected chi connectivity index (χ1v) is 6.26. The van der Waals surface area contributed by atoms with Gasteiger partial charge in [-0.25, -0.2) is 0 Å². The van der Waals surface area contributed by atoms with E-state index in [0.717, 1.165) is 0 Å². The quantitative estimate of drug-likeness (QED) is 0.454. The van der Waals surface area contributed by atoms with Gasteiger partial charge in [-0.2, -0.15) is 0 Å². The van der Waals surface area contributed by atoms with E-state index in [4.69, 9.17) is 0 Å². The van der Waals surface area contributed by atoms with E-state index in [1.165, 1.54) is 29.2 Å². The minimum Gasteiger partial charge on any atom is -0.0488 e. The zero-order valence-electron chi connectivity index (χ0n) is 5.55. The number of rotatable bonds is 0. The van der Waals surface area contributed by atoms with Crippen LogP contribution in [0.3, 0.4) is 0 Å². The molecule has 0 N–H and O–H groups in total. The molecule has 10 heavy (non-hydrogen) atoms. The average molecular weight is 472 g/mol. The van der Waals surface area contributed by atoms with Crippen LogP contribution in [0, 0.1) is 0 Å². The topological polar surface area (TPSA) is 0 Å². The largest absolute Gasteiger partial charge is 0.0488 e. The lowest BCUT2D eigenvalue weighted by Gasteiger charge is -2.13. The van der Waals surface area contributed by atoms with Gasteiger partial charge >= 0.3 is 0 Å². The highest BCUT2D eigenvalue weighted by atomic mass is 127. The highest BCUT2D eigenvalue weighted by Crippen LogP contribution is 2.39. The van der Waals surface area contributed by atoms with Gasteiger partial charge in [-0.3, -0.25) is 0 Å². The molecule has 0 nitrogen and oxygen atoms in total. The van der Waals surface area contributed by atoms with Gasteiger partial charge in [0.05, 0.1) is 0 Å². The molecule has 0 unspecified atom stereocenters. The Morgan fingerprint density at radius 2 is 1.50 bits per heavy atom. The van der Waals surface area contributed by atoms with E-state index < -0.39 is 0 Å². The molecule has 1 aliphatic rings. The highest BCUT2D eigenvalue weighted by Gasteiger charge is 2.12. The molecule has 1 aliphatic carbocycles. The highest BCUT2D eigenvalue weighted by molar-refractivity contribution is 14.1. The molecule has 3 heteroatoms. The monoisotopic (exact) mass is 472 g/mol. The summed E-state index contributed by atoms with van der Waals surface area (Å²) in [4.78, 5) is 0. The molecule has 0 saturated carbocycles. The summed E-state index contributed by atoms with van der Waals surface area (Å²) in [6.45, 7) is 2.21. The molecule has 0 fully saturated rings. The Morgan fingerprint density at radius 1 is 1.00 bits per heavy atom. The van der Waals surface area contributed by atoms with Crippen LogP contribution in [0.15, 0.2) is 16.3 Å². The van der Waals surface area contributed by atoms with E-state index in [-0.39, 0.29) is 0 Å². The molecule has 0 amide bonds. The Labute approximate surface area is 102 Å². The predicted molar refractivity (Wildman–Crippen MR) is 71.0 cm³/mol. The van der Waals surface area contributed by atoms with Gasteiger partial charge in [0, 0.05) is 7.16 Å². The minimum atomic E-state index is 1.24. The van der Waals surface area contributed by atoms with Crippen molar-refractivity contribution < 1.29 is 0 Å². The van der Waals surface area contributed by atoms with Crippen molar-refractivity contribution in [2.45, 2.75) is 19.8 Å². The standard InChI is InChI=1S/C7H7I3/c1-4-5(8)2-3-6(9)7(4)10/h2-3H2,1H3. The van der Waals surface area contributed by atoms with E-state index in [2.05, 4.69) is 74.7 Å². The van der Waals surface area contributed by atoms with Crippen molar-refractivity contribution >= 4 is 67.8 Å². The van der Waals surface area contributed by atoms with Crippen LogP contribution in [0.1, 0.15) is 19.8 Å². The van der Waals surface area contributed by atoms with Crippen LogP contribution >= 0.6 is 67.8 Å². The molecule has 56 valence electrons. The van der Waals surface area contributed by atoms with E-state index in [9.17, 15) is 0 Å². The average Bonchev–Trinajstić information content (AvgIpc) is 1.93. The van der Waals surface area contributed by atoms with Crippen LogP contribution < -0.4 is 0 Å². The van der Waals surface area contributed by atoms with Crippen molar-refractivity contribution in [1.29, 1.82) is 0 Å². The lowest BCUT2D eigenvalue weighted by Crippen LogP contribution is -1.91. The second kappa shape index (κ2) is 4.06. The Balaban J connectivity index is 3.01. The molecule has 0 radical (unpaired) electrons. The normalized spacial score (nSPS) is 20.4. The molecule has 0 saturated heterocycles. The summed E-state index contributed by atoms with van der Waals surface area (Å²) < 4.78 is 4.52. The number of allylic oxidation sites excluding steroid dienone is 4. The Hall–Kier alpha value is 1.67. The lowest BCUT2D eigenvalue weighted by molar-refractivity contribution is 1.00. The smallest absolute Gasteiger partial charge is 0.0259 e. The van der Waals surface area contributed by atoms with E-state index in [1.54, 1.807) is 0 Å². The Kier molecular flexibility index (Phi) is 3.96. The molecule has 0 aromatic rings. The van der Waals surface area contributed by atoms with Crippen LogP contribution in [0.5, 0.6) is 0 Å². The van der Waals surface area contributed by atoms with Crippen LogP contribution in [-0.4, -0.2) is 0 Å². The van der Waals surface area contributed by atoms with Crippen molar-refractivity contribution in [3.63, 3.8) is 0 Å². The first-order chi connectivity index (χ1) is 4.63. The first-order valence-electron chi connectivity index (χ1n) is 3.02. The summed E-state index contributed by atoms with van der Waals surface area (Å²) in [6.07, 6.45) is 2.49. The molecule has 0 aromatic carbocycles. The number of hydrogen-bond acceptors (Lipinski definition) is 0. The van der Waals surface area contributed by atoms with Gasteiger partial charge in [-0.1, -0.05) is 0 Å². The maximum Gasteiger partial charge on any atom is 0.0259 e. The van der Waals surface area contributed by atoms with Gasteiger partial charge < -0.3 is 0 Å². The Morgan fingerprint density at radius 3 is 2.00 bits per heavy atom. The van der Waals surface area contributed by atoms with Gasteiger partial charge in [0.15, 0.2) is 0 Å². The fourth-order valence-electron chi connectivity index (χ4n) is 0.839. The third-order valence-electron chi connectivity index (χ3n) is 1.54.